The summed E-state index contributed by atoms with van der Waals surface area (Å²) in [6, 6.07) is 0. The van der Waals surface area contributed by atoms with Crippen molar-refractivity contribution in [2.24, 2.45) is 64.6 Å². The summed E-state index contributed by atoms with van der Waals surface area (Å²) in [5.41, 5.74) is 0.755. The third-order valence-corrected chi connectivity index (χ3v) is 10.8. The Kier molecular flexibility index (Phi) is 32.5. The molecule has 1 spiro atoms. The molecular formula is C32H64Ar4. The van der Waals surface area contributed by atoms with Gasteiger partial charge in [-0.2, -0.15) is 0 Å². The van der Waals surface area contributed by atoms with E-state index in [0.717, 1.165) is 64.6 Å². The van der Waals surface area contributed by atoms with Gasteiger partial charge in [-0.1, -0.05) is 122 Å². The maximum absolute atomic E-state index is 2.74. The van der Waals surface area contributed by atoms with E-state index < -0.39 is 0 Å². The normalized spacial score (nSPS) is 41.7. The van der Waals surface area contributed by atoms with Crippen LogP contribution in [-0.4, -0.2) is 0 Å². The second kappa shape index (κ2) is 24.4. The monoisotopic (exact) mass is 608 g/mol. The molecule has 5 aliphatic rings. The first-order valence-electron chi connectivity index (χ1n) is 15.7. The quantitative estimate of drug-likeness (QED) is 0.293. The van der Waals surface area contributed by atoms with E-state index in [1.54, 1.807) is 44.9 Å². The van der Waals surface area contributed by atoms with E-state index in [0.29, 0.717) is 0 Å². The molecule has 10 unspecified atom stereocenters. The van der Waals surface area contributed by atoms with Crippen molar-refractivity contribution in [1.82, 2.24) is 0 Å². The maximum Gasteiger partial charge on any atom is 0 e. The molecule has 5 rings (SSSR count). The van der Waals surface area contributed by atoms with E-state index in [2.05, 4.69) is 27.7 Å². The largest absolute Gasteiger partial charge is 0.0683 e. The van der Waals surface area contributed by atoms with Crippen LogP contribution in [0.25, 0.3) is 0 Å². The molecule has 10 atom stereocenters. The van der Waals surface area contributed by atoms with Crippen molar-refractivity contribution < 1.29 is 151 Å². The molecule has 0 radical (unpaired) electrons. The Morgan fingerprint density at radius 2 is 0.833 bits per heavy atom. The second-order valence-corrected chi connectivity index (χ2v) is 10.7. The van der Waals surface area contributed by atoms with Gasteiger partial charge in [0.2, 0.25) is 0 Å². The first-order chi connectivity index (χ1) is 15.7. The minimum absolute atomic E-state index is 0. The smallest absolute Gasteiger partial charge is 0 e. The fourth-order valence-electron chi connectivity index (χ4n) is 10.7. The van der Waals surface area contributed by atoms with Crippen LogP contribution in [0.2, 0.25) is 0 Å². The summed E-state index contributed by atoms with van der Waals surface area (Å²) in [5.74, 6) is 10.8. The summed E-state index contributed by atoms with van der Waals surface area (Å²) in [5, 5.41) is 0. The average Bonchev–Trinajstić information content (AvgIpc) is 3.29. The first kappa shape index (κ1) is 48.0. The van der Waals surface area contributed by atoms with Crippen molar-refractivity contribution in [2.75, 3.05) is 0 Å². The Balaban J connectivity index is -0.000000392. The van der Waals surface area contributed by atoms with Crippen LogP contribution in [-0.2, 0) is 0 Å². The van der Waals surface area contributed by atoms with Gasteiger partial charge in [-0.05, 0) is 83.9 Å². The van der Waals surface area contributed by atoms with Gasteiger partial charge in [0.1, 0.15) is 0 Å². The van der Waals surface area contributed by atoms with Gasteiger partial charge in [0.25, 0.3) is 0 Å². The Morgan fingerprint density at radius 3 is 1.11 bits per heavy atom. The Hall–Kier alpha value is 5.04. The zero-order valence-electron chi connectivity index (χ0n) is 26.1. The minimum Gasteiger partial charge on any atom is -0.0683 e. The van der Waals surface area contributed by atoms with Gasteiger partial charge in [-0.25, -0.2) is 0 Å². The fraction of sp³-hybridized carbons (Fsp3) is 1.00. The Bertz CT molecular complexity index is 466. The third-order valence-electron chi connectivity index (χ3n) is 10.8. The van der Waals surface area contributed by atoms with Crippen LogP contribution in [0.15, 0.2) is 0 Å². The van der Waals surface area contributed by atoms with Crippen LogP contribution in [0.1, 0.15) is 141 Å². The third kappa shape index (κ3) is 8.60. The van der Waals surface area contributed by atoms with Crippen LogP contribution in [0.5, 0.6) is 0 Å². The Morgan fingerprint density at radius 1 is 0.528 bits per heavy atom. The van der Waals surface area contributed by atoms with Crippen molar-refractivity contribution in [2.45, 2.75) is 141 Å². The van der Waals surface area contributed by atoms with E-state index in [4.69, 9.17) is 0 Å². The number of hydrogen-bond donors (Lipinski definition) is 0. The van der Waals surface area contributed by atoms with Gasteiger partial charge in [0.15, 0.2) is 0 Å². The van der Waals surface area contributed by atoms with E-state index in [9.17, 15) is 0 Å². The van der Waals surface area contributed by atoms with Gasteiger partial charge in [0.05, 0.1) is 0 Å². The molecular weight excluding hydrogens is 544 g/mol. The summed E-state index contributed by atoms with van der Waals surface area (Å²) in [4.78, 5) is 0. The molecule has 5 saturated carbocycles. The van der Waals surface area contributed by atoms with Crippen LogP contribution in [0, 0.1) is 216 Å². The standard InChI is InChI=1S/C24H40.4C2H6.4Ar/c1-5-18-14(3)24-15(4)19(6-2)21-12-8-10-17(23(21)24)13-16-9-7-11-20(18)22(16)24;4*1-2;;;;/h14-23H,5-13H2,1-4H3;4*1-2H3;;;;. The summed E-state index contributed by atoms with van der Waals surface area (Å²) in [6.07, 6.45) is 14.0. The van der Waals surface area contributed by atoms with E-state index in [-0.39, 0.29) is 151 Å². The molecule has 4 heteroatoms. The van der Waals surface area contributed by atoms with Gasteiger partial charge in [-0.15, -0.1) is 0 Å². The average molecular weight is 609 g/mol. The minimum atomic E-state index is 0. The summed E-state index contributed by atoms with van der Waals surface area (Å²) in [6.45, 7) is 26.5. The molecule has 0 N–H and O–H groups in total. The molecule has 0 nitrogen and oxygen atoms in total. The molecule has 0 aromatic heterocycles. The summed E-state index contributed by atoms with van der Waals surface area (Å²) >= 11 is 0. The SMILES string of the molecule is CC.CC.CC.CC.CCC1C2CCCC3CC4CCCC5C(CC)C(C)C(C1C)(C32)C45.[Ar].[Ar].[Ar].[Ar]. The first-order valence-corrected chi connectivity index (χ1v) is 15.7. The molecule has 36 heavy (non-hydrogen) atoms. The van der Waals surface area contributed by atoms with Crippen LogP contribution in [0.3, 0.4) is 0 Å². The summed E-state index contributed by atoms with van der Waals surface area (Å²) in [7, 11) is 0. The molecule has 5 fully saturated rings. The molecule has 0 aromatic carbocycles. The second-order valence-electron chi connectivity index (χ2n) is 10.7. The molecule has 0 saturated heterocycles. The molecule has 5 aliphatic carbocycles. The number of hydrogen-bond acceptors (Lipinski definition) is 0. The zero-order chi connectivity index (χ0) is 24.6. The van der Waals surface area contributed by atoms with E-state index >= 15 is 0 Å². The van der Waals surface area contributed by atoms with Crippen molar-refractivity contribution in [3.05, 3.63) is 0 Å². The zero-order valence-corrected chi connectivity index (χ0v) is 28.9. The van der Waals surface area contributed by atoms with Crippen LogP contribution < -0.4 is 0 Å². The topological polar surface area (TPSA) is 0 Å². The van der Waals surface area contributed by atoms with Crippen LogP contribution >= 0.6 is 0 Å². The molecule has 224 valence electrons. The van der Waals surface area contributed by atoms with E-state index in [1.807, 2.05) is 55.4 Å². The molecule has 0 bridgehead atoms. The summed E-state index contributed by atoms with van der Waals surface area (Å²) < 4.78 is 0. The van der Waals surface area contributed by atoms with Crippen molar-refractivity contribution >= 4 is 0 Å². The molecule has 0 amide bonds. The predicted molar refractivity (Wildman–Crippen MR) is 147 cm³/mol. The van der Waals surface area contributed by atoms with Crippen LogP contribution in [0.4, 0.5) is 0 Å². The molecule has 0 heterocycles. The van der Waals surface area contributed by atoms with Crippen molar-refractivity contribution in [3.63, 3.8) is 0 Å². The van der Waals surface area contributed by atoms with Gasteiger partial charge < -0.3 is 0 Å². The van der Waals surface area contributed by atoms with Crippen molar-refractivity contribution in [1.29, 1.82) is 0 Å². The van der Waals surface area contributed by atoms with Gasteiger partial charge >= 0.3 is 0 Å². The van der Waals surface area contributed by atoms with Crippen molar-refractivity contribution in [3.8, 4) is 0 Å². The Labute approximate surface area is 350 Å². The van der Waals surface area contributed by atoms with E-state index in [1.165, 1.54) is 12.8 Å². The fourth-order valence-corrected chi connectivity index (χ4v) is 10.7. The maximum atomic E-state index is 2.74. The van der Waals surface area contributed by atoms with Gasteiger partial charge in [0, 0.05) is 151 Å². The van der Waals surface area contributed by atoms with Gasteiger partial charge in [-0.3, -0.25) is 0 Å². The molecule has 0 aliphatic heterocycles. The predicted octanol–water partition coefficient (Wildman–Crippen LogP) is 10.9. The molecule has 0 aromatic rings. The number of rotatable bonds is 2.